The number of carbonyl (C=O) groups excluding carboxylic acids is 1. The molecular formula is C41H79N3O12. The summed E-state index contributed by atoms with van der Waals surface area (Å²) in [5.74, 6) is -2.66. The highest BCUT2D eigenvalue weighted by Gasteiger charge is 2.58. The van der Waals surface area contributed by atoms with Crippen molar-refractivity contribution in [3.8, 4) is 0 Å². The molecule has 56 heavy (non-hydrogen) atoms. The van der Waals surface area contributed by atoms with E-state index in [2.05, 4.69) is 10.6 Å². The van der Waals surface area contributed by atoms with Crippen LogP contribution in [0.5, 0.6) is 0 Å². The molecule has 0 bridgehead atoms. The van der Waals surface area contributed by atoms with E-state index in [1.165, 1.54) is 14.0 Å². The Balaban J connectivity index is 2.16. The summed E-state index contributed by atoms with van der Waals surface area (Å²) in [6.07, 6.45) is -6.71. The SMILES string of the molecule is CCCNC[C@]1(O)[C@H](C)O[C@@H](O[C@H]2[C@H](C)[C@@H](OC3O[C@H](C)C[C@H](N(C)C)[C@H]3O)C(C)(O)C[C@@H](C)CN[C@H](C)[C@@H](O)[C@](C)(O)[C@@H](CC)OC(=O)[C@@H]2C)C[C@@]1(C)OC. The van der Waals surface area contributed by atoms with E-state index in [1.54, 1.807) is 34.6 Å². The minimum atomic E-state index is -1.81. The van der Waals surface area contributed by atoms with Crippen molar-refractivity contribution < 1.29 is 58.7 Å². The number of carbonyl (C=O) groups is 1. The fourth-order valence-electron chi connectivity index (χ4n) is 9.21. The number of rotatable bonds is 11. The summed E-state index contributed by atoms with van der Waals surface area (Å²) in [7, 11) is 5.31. The maximum Gasteiger partial charge on any atom is 0.311 e. The standard InChI is InChI=1S/C41H79N3O12/c1-15-17-42-22-41(50)28(8)53-31(20-39(41,10)51-14)55-33-25(5)35(56-37-32(45)29(44(12)13)18-24(4)52-37)38(9,48)19-23(3)21-43-27(7)34(46)40(11,49)30(16-2)54-36(47)26(33)6/h23-35,37,42-43,45-46,48-50H,15-22H2,1-14H3/t23-,24-,25+,26-,27-,28+,29+,30-,31+,32-,33+,34-,35-,37?,38?,39-,40-,41+/m1/s1. The molecule has 330 valence electrons. The molecule has 3 rings (SSSR count). The van der Waals surface area contributed by atoms with Crippen LogP contribution in [0.15, 0.2) is 0 Å². The molecule has 0 radical (unpaired) electrons. The molecule has 3 saturated heterocycles. The van der Waals surface area contributed by atoms with Gasteiger partial charge >= 0.3 is 5.97 Å². The monoisotopic (exact) mass is 806 g/mol. The van der Waals surface area contributed by atoms with E-state index < -0.39 is 95.5 Å². The number of cyclic esters (lactones) is 1. The van der Waals surface area contributed by atoms with Gasteiger partial charge in [-0.15, -0.1) is 0 Å². The van der Waals surface area contributed by atoms with Crippen LogP contribution in [0.4, 0.5) is 0 Å². The number of nitrogens with zero attached hydrogens (tertiary/aromatic N) is 1. The Morgan fingerprint density at radius 2 is 1.61 bits per heavy atom. The second-order valence-electron chi connectivity index (χ2n) is 18.2. The fourth-order valence-corrected chi connectivity index (χ4v) is 9.21. The van der Waals surface area contributed by atoms with Gasteiger partial charge in [0, 0.05) is 38.1 Å². The van der Waals surface area contributed by atoms with Crippen LogP contribution in [0.2, 0.25) is 0 Å². The zero-order chi connectivity index (χ0) is 42.6. The predicted octanol–water partition coefficient (Wildman–Crippen LogP) is 1.93. The zero-order valence-corrected chi connectivity index (χ0v) is 36.8. The smallest absolute Gasteiger partial charge is 0.311 e. The van der Waals surface area contributed by atoms with Crippen molar-refractivity contribution in [2.24, 2.45) is 17.8 Å². The van der Waals surface area contributed by atoms with Crippen LogP contribution in [0.1, 0.15) is 108 Å². The van der Waals surface area contributed by atoms with Gasteiger partial charge in [-0.3, -0.25) is 4.79 Å². The molecule has 0 saturated carbocycles. The molecule has 0 spiro atoms. The normalized spacial score (nSPS) is 47.9. The number of methoxy groups -OCH3 is 1. The Morgan fingerprint density at radius 1 is 0.964 bits per heavy atom. The summed E-state index contributed by atoms with van der Waals surface area (Å²) in [5.41, 5.74) is -5.95. The number of hydrogen-bond acceptors (Lipinski definition) is 15. The van der Waals surface area contributed by atoms with Crippen LogP contribution in [-0.2, 0) is 33.2 Å². The molecule has 3 fully saturated rings. The highest BCUT2D eigenvalue weighted by atomic mass is 16.7. The van der Waals surface area contributed by atoms with Gasteiger partial charge < -0.3 is 69.5 Å². The van der Waals surface area contributed by atoms with Gasteiger partial charge in [-0.1, -0.05) is 27.7 Å². The molecule has 0 aliphatic carbocycles. The summed E-state index contributed by atoms with van der Waals surface area (Å²) < 4.78 is 38.3. The Bertz CT molecular complexity index is 1230. The summed E-state index contributed by atoms with van der Waals surface area (Å²) >= 11 is 0. The third-order valence-electron chi connectivity index (χ3n) is 13.0. The molecule has 7 N–H and O–H groups in total. The van der Waals surface area contributed by atoms with E-state index in [1.807, 2.05) is 53.6 Å². The lowest BCUT2D eigenvalue weighted by Crippen LogP contribution is -2.70. The van der Waals surface area contributed by atoms with Gasteiger partial charge in [-0.25, -0.2) is 0 Å². The molecule has 0 amide bonds. The van der Waals surface area contributed by atoms with Crippen LogP contribution in [0.3, 0.4) is 0 Å². The van der Waals surface area contributed by atoms with E-state index >= 15 is 0 Å². The van der Waals surface area contributed by atoms with Crippen molar-refractivity contribution >= 4 is 5.97 Å². The largest absolute Gasteiger partial charge is 0.459 e. The molecule has 3 heterocycles. The van der Waals surface area contributed by atoms with Gasteiger partial charge in [-0.2, -0.15) is 0 Å². The van der Waals surface area contributed by atoms with E-state index in [9.17, 15) is 30.3 Å². The molecule has 18 atom stereocenters. The third-order valence-corrected chi connectivity index (χ3v) is 13.0. The maximum atomic E-state index is 14.3. The number of ether oxygens (including phenoxy) is 6. The highest BCUT2D eigenvalue weighted by Crippen LogP contribution is 2.43. The van der Waals surface area contributed by atoms with Crippen LogP contribution >= 0.6 is 0 Å². The highest BCUT2D eigenvalue weighted by molar-refractivity contribution is 5.73. The third kappa shape index (κ3) is 11.0. The van der Waals surface area contributed by atoms with Gasteiger partial charge in [0.05, 0.1) is 35.9 Å². The molecule has 2 unspecified atom stereocenters. The van der Waals surface area contributed by atoms with Crippen molar-refractivity contribution in [1.82, 2.24) is 15.5 Å². The molecule has 15 nitrogen and oxygen atoms in total. The fraction of sp³-hybridized carbons (Fsp3) is 0.976. The second kappa shape index (κ2) is 20.0. The van der Waals surface area contributed by atoms with Crippen LogP contribution in [0.25, 0.3) is 0 Å². The average molecular weight is 806 g/mol. The van der Waals surface area contributed by atoms with E-state index in [4.69, 9.17) is 28.4 Å². The number of likely N-dealkylation sites (N-methyl/N-ethyl adjacent to an activating group) is 1. The first-order chi connectivity index (χ1) is 25.9. The molecule has 3 aliphatic heterocycles. The number of esters is 1. The van der Waals surface area contributed by atoms with Gasteiger partial charge in [0.2, 0.25) is 0 Å². The molecular weight excluding hydrogens is 726 g/mol. The summed E-state index contributed by atoms with van der Waals surface area (Å²) in [4.78, 5) is 16.2. The Kier molecular flexibility index (Phi) is 17.6. The van der Waals surface area contributed by atoms with E-state index in [0.29, 0.717) is 19.5 Å². The Hall–Kier alpha value is -1.05. The second-order valence-corrected chi connectivity index (χ2v) is 18.2. The Labute approximate surface area is 336 Å². The first kappa shape index (κ1) is 49.3. The minimum absolute atomic E-state index is 0.0939. The van der Waals surface area contributed by atoms with Crippen molar-refractivity contribution in [3.05, 3.63) is 0 Å². The predicted molar refractivity (Wildman–Crippen MR) is 212 cm³/mol. The minimum Gasteiger partial charge on any atom is -0.459 e. The van der Waals surface area contributed by atoms with Gasteiger partial charge in [0.1, 0.15) is 35.1 Å². The maximum absolute atomic E-state index is 14.3. The van der Waals surface area contributed by atoms with Gasteiger partial charge in [-0.05, 0) is 107 Å². The van der Waals surface area contributed by atoms with E-state index in [0.717, 1.165) is 6.42 Å². The van der Waals surface area contributed by atoms with Crippen molar-refractivity contribution in [2.75, 3.05) is 40.8 Å². The average Bonchev–Trinajstić information content (AvgIpc) is 3.12. The number of aliphatic hydroxyl groups excluding tert-OH is 2. The number of aliphatic hydroxyl groups is 5. The quantitative estimate of drug-likeness (QED) is 0.118. The first-order valence-corrected chi connectivity index (χ1v) is 20.9. The van der Waals surface area contributed by atoms with Crippen molar-refractivity contribution in [2.45, 2.75) is 198 Å². The summed E-state index contributed by atoms with van der Waals surface area (Å²) in [6.45, 7) is 20.9. The van der Waals surface area contributed by atoms with Crippen molar-refractivity contribution in [1.29, 1.82) is 0 Å². The zero-order valence-electron chi connectivity index (χ0n) is 36.8. The molecule has 0 aromatic heterocycles. The Morgan fingerprint density at radius 3 is 2.18 bits per heavy atom. The van der Waals surface area contributed by atoms with Crippen LogP contribution < -0.4 is 10.6 Å². The van der Waals surface area contributed by atoms with E-state index in [-0.39, 0.29) is 43.9 Å². The summed E-state index contributed by atoms with van der Waals surface area (Å²) in [6, 6.07) is -0.877. The molecule has 3 aliphatic rings. The lowest BCUT2D eigenvalue weighted by molar-refractivity contribution is -0.336. The first-order valence-electron chi connectivity index (χ1n) is 20.9. The number of hydrogen-bond donors (Lipinski definition) is 7. The number of nitrogens with one attached hydrogen (secondary N) is 2. The van der Waals surface area contributed by atoms with Crippen LogP contribution in [-0.4, -0.2) is 167 Å². The lowest BCUT2D eigenvalue weighted by Gasteiger charge is -2.53. The molecule has 0 aromatic carbocycles. The topological polar surface area (TPSA) is 201 Å². The molecule has 15 heteroatoms. The molecule has 0 aromatic rings. The van der Waals surface area contributed by atoms with Crippen molar-refractivity contribution in [3.63, 3.8) is 0 Å². The lowest BCUT2D eigenvalue weighted by atomic mass is 9.75. The summed E-state index contributed by atoms with van der Waals surface area (Å²) in [5, 5.41) is 65.8. The van der Waals surface area contributed by atoms with Gasteiger partial charge in [0.25, 0.3) is 0 Å². The van der Waals surface area contributed by atoms with Crippen LogP contribution in [0, 0.1) is 17.8 Å². The van der Waals surface area contributed by atoms with Gasteiger partial charge in [0.15, 0.2) is 12.6 Å².